The van der Waals surface area contributed by atoms with E-state index >= 15 is 0 Å². The number of anilines is 1. The Balaban J connectivity index is 1.80. The molecule has 45 heavy (non-hydrogen) atoms. The van der Waals surface area contributed by atoms with Crippen LogP contribution in [0, 0.1) is 6.92 Å². The van der Waals surface area contributed by atoms with Gasteiger partial charge in [-0.1, -0.05) is 71.8 Å². The summed E-state index contributed by atoms with van der Waals surface area (Å²) in [5.41, 5.74) is 2.83. The summed E-state index contributed by atoms with van der Waals surface area (Å²) in [5, 5.41) is 3.39. The summed E-state index contributed by atoms with van der Waals surface area (Å²) in [6.45, 7) is 3.57. The molecule has 0 aromatic heterocycles. The van der Waals surface area contributed by atoms with E-state index in [0.29, 0.717) is 27.5 Å². The maximum atomic E-state index is 14.4. The molecule has 0 saturated carbocycles. The molecule has 236 valence electrons. The number of rotatable bonds is 13. The zero-order valence-corrected chi connectivity index (χ0v) is 28.4. The second kappa shape index (κ2) is 15.4. The molecule has 1 N–H and O–H groups in total. The van der Waals surface area contributed by atoms with Gasteiger partial charge in [-0.2, -0.15) is 0 Å². The fourth-order valence-corrected chi connectivity index (χ4v) is 7.07. The average Bonchev–Trinajstić information content (AvgIpc) is 3.03. The Morgan fingerprint density at radius 1 is 0.933 bits per heavy atom. The average molecular weight is 713 g/mol. The number of halogens is 2. The van der Waals surface area contributed by atoms with E-state index in [2.05, 4.69) is 21.2 Å². The Hall–Kier alpha value is -3.86. The van der Waals surface area contributed by atoms with Gasteiger partial charge < -0.3 is 15.0 Å². The maximum Gasteiger partial charge on any atom is 0.264 e. The smallest absolute Gasteiger partial charge is 0.264 e. The number of nitrogens with zero attached hydrogens (tertiary/aromatic N) is 2. The fraction of sp³-hybridized carbons (Fsp3) is 0.235. The highest BCUT2D eigenvalue weighted by atomic mass is 79.9. The van der Waals surface area contributed by atoms with Gasteiger partial charge in [0.15, 0.2) is 0 Å². The van der Waals surface area contributed by atoms with Gasteiger partial charge in [0.2, 0.25) is 11.8 Å². The largest absolute Gasteiger partial charge is 0.496 e. The minimum atomic E-state index is -4.25. The minimum Gasteiger partial charge on any atom is -0.496 e. The summed E-state index contributed by atoms with van der Waals surface area (Å²) in [6, 6.07) is 26.8. The van der Waals surface area contributed by atoms with Gasteiger partial charge in [-0.3, -0.25) is 13.9 Å². The molecule has 1 unspecified atom stereocenters. The van der Waals surface area contributed by atoms with Crippen molar-refractivity contribution in [3.8, 4) is 5.75 Å². The maximum absolute atomic E-state index is 14.4. The van der Waals surface area contributed by atoms with Crippen molar-refractivity contribution in [2.45, 2.75) is 37.8 Å². The second-order valence-electron chi connectivity index (χ2n) is 10.4. The van der Waals surface area contributed by atoms with Crippen molar-refractivity contribution in [2.75, 3.05) is 24.5 Å². The minimum absolute atomic E-state index is 0.0302. The van der Waals surface area contributed by atoms with Gasteiger partial charge >= 0.3 is 0 Å². The van der Waals surface area contributed by atoms with Crippen molar-refractivity contribution < 1.29 is 22.7 Å². The normalized spacial score (nSPS) is 11.8. The predicted octanol–water partition coefficient (Wildman–Crippen LogP) is 6.39. The van der Waals surface area contributed by atoms with Crippen LogP contribution in [0.5, 0.6) is 5.75 Å². The molecular formula is C34H35BrClN3O5S. The van der Waals surface area contributed by atoms with E-state index in [4.69, 9.17) is 16.3 Å². The Morgan fingerprint density at radius 3 is 2.20 bits per heavy atom. The number of carbonyl (C=O) groups is 2. The van der Waals surface area contributed by atoms with E-state index in [1.807, 2.05) is 44.2 Å². The van der Waals surface area contributed by atoms with E-state index in [9.17, 15) is 18.0 Å². The van der Waals surface area contributed by atoms with Gasteiger partial charge in [0.1, 0.15) is 18.3 Å². The first-order chi connectivity index (χ1) is 21.5. The third-order valence-corrected chi connectivity index (χ3v) is 9.84. The van der Waals surface area contributed by atoms with Crippen molar-refractivity contribution in [3.63, 3.8) is 0 Å². The van der Waals surface area contributed by atoms with E-state index in [-0.39, 0.29) is 23.8 Å². The number of nitrogens with one attached hydrogen (secondary N) is 1. The van der Waals surface area contributed by atoms with Crippen LogP contribution in [0.15, 0.2) is 106 Å². The number of likely N-dealkylation sites (N-methyl/N-ethyl adjacent to an activating group) is 1. The first kappa shape index (κ1) is 34.0. The highest BCUT2D eigenvalue weighted by Gasteiger charge is 2.34. The highest BCUT2D eigenvalue weighted by molar-refractivity contribution is 9.10. The lowest BCUT2D eigenvalue weighted by Gasteiger charge is -2.34. The van der Waals surface area contributed by atoms with E-state index in [1.54, 1.807) is 54.6 Å². The lowest BCUT2D eigenvalue weighted by atomic mass is 10.0. The molecule has 11 heteroatoms. The molecule has 1 atom stereocenters. The SMILES string of the molecule is CCNC(=O)C(Cc1ccccc1)N(Cc1ccc(Cl)cc1)C(=O)CN(c1ccc(C)cc1)S(=O)(=O)c1ccc(OC)c(Br)c1. The summed E-state index contributed by atoms with van der Waals surface area (Å²) in [7, 11) is -2.77. The third kappa shape index (κ3) is 8.65. The highest BCUT2D eigenvalue weighted by Crippen LogP contribution is 2.31. The molecule has 8 nitrogen and oxygen atoms in total. The molecule has 4 rings (SSSR count). The summed E-state index contributed by atoms with van der Waals surface area (Å²) >= 11 is 9.50. The fourth-order valence-electron chi connectivity index (χ4n) is 4.81. The van der Waals surface area contributed by atoms with Crippen LogP contribution in [0.2, 0.25) is 5.02 Å². The van der Waals surface area contributed by atoms with E-state index in [1.165, 1.54) is 24.1 Å². The molecule has 0 aliphatic heterocycles. The van der Waals surface area contributed by atoms with Gasteiger partial charge in [-0.05, 0) is 83.4 Å². The van der Waals surface area contributed by atoms with Crippen LogP contribution in [0.3, 0.4) is 0 Å². The first-order valence-electron chi connectivity index (χ1n) is 14.3. The van der Waals surface area contributed by atoms with Crippen LogP contribution >= 0.6 is 27.5 Å². The molecule has 0 saturated heterocycles. The monoisotopic (exact) mass is 711 g/mol. The lowest BCUT2D eigenvalue weighted by molar-refractivity contribution is -0.140. The summed E-state index contributed by atoms with van der Waals surface area (Å²) < 4.78 is 35.3. The number of hydrogen-bond acceptors (Lipinski definition) is 5. The van der Waals surface area contributed by atoms with Crippen LogP contribution in [0.25, 0.3) is 0 Å². The number of ether oxygens (including phenoxy) is 1. The predicted molar refractivity (Wildman–Crippen MR) is 181 cm³/mol. The van der Waals surface area contributed by atoms with Gasteiger partial charge in [0.05, 0.1) is 22.2 Å². The Kier molecular flexibility index (Phi) is 11.7. The van der Waals surface area contributed by atoms with Crippen LogP contribution in [0.4, 0.5) is 5.69 Å². The number of sulfonamides is 1. The van der Waals surface area contributed by atoms with Crippen LogP contribution in [-0.4, -0.2) is 51.4 Å². The van der Waals surface area contributed by atoms with Crippen molar-refractivity contribution in [2.24, 2.45) is 0 Å². The quantitative estimate of drug-likeness (QED) is 0.173. The molecule has 0 spiro atoms. The molecule has 4 aromatic rings. The topological polar surface area (TPSA) is 96.0 Å². The van der Waals surface area contributed by atoms with Crippen LogP contribution < -0.4 is 14.4 Å². The molecule has 0 bridgehead atoms. The molecular weight excluding hydrogens is 678 g/mol. The van der Waals surface area contributed by atoms with E-state index < -0.39 is 28.5 Å². The molecule has 0 aliphatic carbocycles. The third-order valence-electron chi connectivity index (χ3n) is 7.20. The number of hydrogen-bond donors (Lipinski definition) is 1. The van der Waals surface area contributed by atoms with Crippen molar-refractivity contribution in [3.05, 3.63) is 123 Å². The lowest BCUT2D eigenvalue weighted by Crippen LogP contribution is -2.53. The number of carbonyl (C=O) groups excluding carboxylic acids is 2. The number of benzene rings is 4. The van der Waals surface area contributed by atoms with Gasteiger partial charge in [0, 0.05) is 24.5 Å². The first-order valence-corrected chi connectivity index (χ1v) is 16.9. The zero-order valence-electron chi connectivity index (χ0n) is 25.2. The van der Waals surface area contributed by atoms with Gasteiger partial charge in [-0.15, -0.1) is 0 Å². The molecule has 0 radical (unpaired) electrons. The zero-order chi connectivity index (χ0) is 32.6. The molecule has 0 heterocycles. The molecule has 0 aliphatic rings. The number of methoxy groups -OCH3 is 1. The Morgan fingerprint density at radius 2 is 1.60 bits per heavy atom. The summed E-state index contributed by atoms with van der Waals surface area (Å²) in [6.07, 6.45) is 0.231. The number of aryl methyl sites for hydroxylation is 1. The summed E-state index contributed by atoms with van der Waals surface area (Å²) in [5.74, 6) is -0.423. The Labute approximate surface area is 278 Å². The standard InChI is InChI=1S/C34H35BrClN3O5S/c1-4-37-34(41)31(20-25-8-6-5-7-9-25)38(22-26-12-14-27(36)15-13-26)33(40)23-39(28-16-10-24(2)11-17-28)45(42,43)29-18-19-32(44-3)30(35)21-29/h5-19,21,31H,4,20,22-23H2,1-3H3,(H,37,41). The van der Waals surface area contributed by atoms with E-state index in [0.717, 1.165) is 21.0 Å². The van der Waals surface area contributed by atoms with Crippen LogP contribution in [0.1, 0.15) is 23.6 Å². The molecule has 2 amide bonds. The molecule has 4 aromatic carbocycles. The van der Waals surface area contributed by atoms with Crippen molar-refractivity contribution in [1.29, 1.82) is 0 Å². The van der Waals surface area contributed by atoms with Gasteiger partial charge in [-0.25, -0.2) is 8.42 Å². The number of amides is 2. The van der Waals surface area contributed by atoms with Crippen molar-refractivity contribution in [1.82, 2.24) is 10.2 Å². The second-order valence-corrected chi connectivity index (χ2v) is 13.5. The van der Waals surface area contributed by atoms with Crippen LogP contribution in [-0.2, 0) is 32.6 Å². The van der Waals surface area contributed by atoms with Crippen molar-refractivity contribution >= 4 is 55.1 Å². The summed E-state index contributed by atoms with van der Waals surface area (Å²) in [4.78, 5) is 29.4. The Bertz CT molecular complexity index is 1720. The van der Waals surface area contributed by atoms with Gasteiger partial charge in [0.25, 0.3) is 10.0 Å². The molecule has 0 fully saturated rings.